The molecular weight excluding hydrogens is 534 g/mol. The first-order chi connectivity index (χ1) is 18.7. The number of amides is 1. The molecule has 9 heteroatoms. The molecule has 39 heavy (non-hydrogen) atoms. The molecule has 1 amide bonds. The molecule has 0 unspecified atom stereocenters. The van der Waals surface area contributed by atoms with Crippen LogP contribution in [0.1, 0.15) is 22.3 Å². The molecule has 7 nitrogen and oxygen atoms in total. The molecule has 0 saturated carbocycles. The van der Waals surface area contributed by atoms with Gasteiger partial charge in [-0.3, -0.25) is 9.10 Å². The van der Waals surface area contributed by atoms with Crippen molar-refractivity contribution in [3.05, 3.63) is 124 Å². The Bertz CT molecular complexity index is 1570. The van der Waals surface area contributed by atoms with E-state index in [1.807, 2.05) is 37.3 Å². The molecule has 1 N–H and O–H groups in total. The normalized spacial score (nSPS) is 11.4. The van der Waals surface area contributed by atoms with Crippen LogP contribution in [0, 0.1) is 13.8 Å². The molecule has 0 atom stereocenters. The van der Waals surface area contributed by atoms with Crippen molar-refractivity contribution < 1.29 is 17.9 Å². The molecule has 0 saturated heterocycles. The Labute approximate surface area is 233 Å². The predicted molar refractivity (Wildman–Crippen MR) is 155 cm³/mol. The Morgan fingerprint density at radius 3 is 2.28 bits per heavy atom. The number of carbonyl (C=O) groups is 1. The first-order valence-electron chi connectivity index (χ1n) is 12.2. The largest absolute Gasteiger partial charge is 0.489 e. The minimum Gasteiger partial charge on any atom is -0.489 e. The number of hydrazone groups is 1. The van der Waals surface area contributed by atoms with Crippen LogP contribution in [0.3, 0.4) is 0 Å². The first-order valence-corrected chi connectivity index (χ1v) is 14.0. The second-order valence-electron chi connectivity index (χ2n) is 8.85. The average molecular weight is 562 g/mol. The predicted octanol–water partition coefficient (Wildman–Crippen LogP) is 5.88. The van der Waals surface area contributed by atoms with Gasteiger partial charge in [0.15, 0.2) is 0 Å². The number of carbonyl (C=O) groups excluding carboxylic acids is 1. The van der Waals surface area contributed by atoms with Crippen LogP contribution in [0.2, 0.25) is 5.02 Å². The maximum absolute atomic E-state index is 13.5. The zero-order valence-corrected chi connectivity index (χ0v) is 23.1. The quantitative estimate of drug-likeness (QED) is 0.193. The third-order valence-corrected chi connectivity index (χ3v) is 8.06. The van der Waals surface area contributed by atoms with Crippen LogP contribution in [-0.4, -0.2) is 27.1 Å². The maximum atomic E-state index is 13.5. The number of aryl methyl sites for hydroxylation is 2. The molecule has 0 heterocycles. The van der Waals surface area contributed by atoms with E-state index in [2.05, 4.69) is 10.5 Å². The second-order valence-corrected chi connectivity index (χ2v) is 11.1. The van der Waals surface area contributed by atoms with Crippen LogP contribution >= 0.6 is 11.6 Å². The van der Waals surface area contributed by atoms with Gasteiger partial charge in [0, 0.05) is 10.6 Å². The van der Waals surface area contributed by atoms with E-state index in [1.54, 1.807) is 61.5 Å². The number of ether oxygens (including phenoxy) is 1. The molecule has 0 aliphatic rings. The van der Waals surface area contributed by atoms with Gasteiger partial charge in [0.05, 0.1) is 16.8 Å². The Morgan fingerprint density at radius 1 is 0.923 bits per heavy atom. The van der Waals surface area contributed by atoms with Crippen molar-refractivity contribution in [1.82, 2.24) is 5.43 Å². The molecule has 4 rings (SSSR count). The molecule has 0 aromatic heterocycles. The first kappa shape index (κ1) is 27.9. The highest BCUT2D eigenvalue weighted by Crippen LogP contribution is 2.27. The van der Waals surface area contributed by atoms with Gasteiger partial charge in [-0.25, -0.2) is 13.8 Å². The number of rotatable bonds is 10. The molecular formula is C30H28ClN3O4S. The molecule has 4 aromatic carbocycles. The van der Waals surface area contributed by atoms with E-state index in [1.165, 1.54) is 18.3 Å². The van der Waals surface area contributed by atoms with E-state index >= 15 is 0 Å². The van der Waals surface area contributed by atoms with Crippen molar-refractivity contribution in [3.8, 4) is 5.75 Å². The minimum atomic E-state index is -4.00. The van der Waals surface area contributed by atoms with Gasteiger partial charge in [0.1, 0.15) is 18.9 Å². The van der Waals surface area contributed by atoms with Gasteiger partial charge in [-0.15, -0.1) is 0 Å². The van der Waals surface area contributed by atoms with Crippen molar-refractivity contribution in [1.29, 1.82) is 0 Å². The fourth-order valence-electron chi connectivity index (χ4n) is 3.75. The van der Waals surface area contributed by atoms with E-state index in [0.29, 0.717) is 23.1 Å². The zero-order valence-electron chi connectivity index (χ0n) is 21.5. The second kappa shape index (κ2) is 12.6. The lowest BCUT2D eigenvalue weighted by molar-refractivity contribution is -0.119. The van der Waals surface area contributed by atoms with Crippen molar-refractivity contribution in [2.45, 2.75) is 25.3 Å². The van der Waals surface area contributed by atoms with Crippen LogP contribution < -0.4 is 14.5 Å². The molecule has 0 fully saturated rings. The van der Waals surface area contributed by atoms with Gasteiger partial charge in [-0.05, 0) is 73.5 Å². The molecule has 0 spiro atoms. The zero-order chi connectivity index (χ0) is 27.8. The smallest absolute Gasteiger partial charge is 0.264 e. The standard InChI is InChI=1S/C30H28ClN3O4S/c1-22-11-17-27(18-12-22)39(36,37)34(29-10-6-3-7-23(29)2)20-30(35)33-32-19-24-13-15-26(16-14-24)38-21-25-8-4-5-9-28(25)31/h3-19H,20-21H2,1-2H3,(H,33,35)/b32-19-. The van der Waals surface area contributed by atoms with Gasteiger partial charge >= 0.3 is 0 Å². The molecule has 0 aliphatic heterocycles. The van der Waals surface area contributed by atoms with Gasteiger partial charge in [-0.1, -0.05) is 65.7 Å². The summed E-state index contributed by atoms with van der Waals surface area (Å²) in [6, 6.07) is 28.2. The number of para-hydroxylation sites is 1. The monoisotopic (exact) mass is 561 g/mol. The van der Waals surface area contributed by atoms with Gasteiger partial charge in [0.2, 0.25) is 0 Å². The number of hydrogen-bond donors (Lipinski definition) is 1. The van der Waals surface area contributed by atoms with E-state index < -0.39 is 22.5 Å². The number of anilines is 1. The molecule has 0 bridgehead atoms. The highest BCUT2D eigenvalue weighted by molar-refractivity contribution is 7.92. The summed E-state index contributed by atoms with van der Waals surface area (Å²) < 4.78 is 33.9. The van der Waals surface area contributed by atoms with Crippen LogP contribution in [0.4, 0.5) is 5.69 Å². The number of hydrogen-bond acceptors (Lipinski definition) is 5. The van der Waals surface area contributed by atoms with Gasteiger partial charge in [-0.2, -0.15) is 5.10 Å². The summed E-state index contributed by atoms with van der Waals surface area (Å²) in [5, 5.41) is 4.65. The third kappa shape index (κ3) is 7.25. The summed E-state index contributed by atoms with van der Waals surface area (Å²) >= 11 is 6.17. The van der Waals surface area contributed by atoms with E-state index in [0.717, 1.165) is 26.6 Å². The van der Waals surface area contributed by atoms with E-state index in [9.17, 15) is 13.2 Å². The Morgan fingerprint density at radius 2 is 1.59 bits per heavy atom. The van der Waals surface area contributed by atoms with Crippen molar-refractivity contribution in [3.63, 3.8) is 0 Å². The molecule has 4 aromatic rings. The van der Waals surface area contributed by atoms with Crippen molar-refractivity contribution in [2.24, 2.45) is 5.10 Å². The summed E-state index contributed by atoms with van der Waals surface area (Å²) in [5.74, 6) is 0.0798. The van der Waals surface area contributed by atoms with Crippen LogP contribution in [0.25, 0.3) is 0 Å². The Balaban J connectivity index is 1.42. The van der Waals surface area contributed by atoms with Crippen LogP contribution in [0.5, 0.6) is 5.75 Å². The van der Waals surface area contributed by atoms with E-state index in [4.69, 9.17) is 16.3 Å². The fraction of sp³-hybridized carbons (Fsp3) is 0.133. The average Bonchev–Trinajstić information content (AvgIpc) is 2.93. The summed E-state index contributed by atoms with van der Waals surface area (Å²) in [6.45, 7) is 3.58. The lowest BCUT2D eigenvalue weighted by atomic mass is 10.2. The van der Waals surface area contributed by atoms with Crippen molar-refractivity contribution in [2.75, 3.05) is 10.8 Å². The SMILES string of the molecule is Cc1ccc(S(=O)(=O)N(CC(=O)N/N=C\c2ccc(OCc3ccccc3Cl)cc2)c2ccccc2C)cc1. The molecule has 0 aliphatic carbocycles. The van der Waals surface area contributed by atoms with E-state index in [-0.39, 0.29) is 4.90 Å². The summed E-state index contributed by atoms with van der Waals surface area (Å²) in [4.78, 5) is 12.9. The molecule has 0 radical (unpaired) electrons. The lowest BCUT2D eigenvalue weighted by Crippen LogP contribution is -2.40. The number of nitrogens with one attached hydrogen (secondary N) is 1. The number of sulfonamides is 1. The highest BCUT2D eigenvalue weighted by Gasteiger charge is 2.28. The lowest BCUT2D eigenvalue weighted by Gasteiger charge is -2.25. The Hall–Kier alpha value is -4.14. The third-order valence-electron chi connectivity index (χ3n) is 5.92. The van der Waals surface area contributed by atoms with Gasteiger partial charge in [0.25, 0.3) is 15.9 Å². The van der Waals surface area contributed by atoms with Crippen LogP contribution in [0.15, 0.2) is 107 Å². The minimum absolute atomic E-state index is 0.101. The van der Waals surface area contributed by atoms with Crippen LogP contribution in [-0.2, 0) is 21.4 Å². The van der Waals surface area contributed by atoms with Crippen molar-refractivity contribution >= 4 is 39.4 Å². The van der Waals surface area contributed by atoms with Gasteiger partial charge < -0.3 is 4.74 Å². The maximum Gasteiger partial charge on any atom is 0.264 e. The molecule has 200 valence electrons. The topological polar surface area (TPSA) is 88.1 Å². The summed E-state index contributed by atoms with van der Waals surface area (Å²) in [5.41, 5.74) is 6.12. The summed E-state index contributed by atoms with van der Waals surface area (Å²) in [6.07, 6.45) is 1.47. The Kier molecular flexibility index (Phi) is 9.01. The highest BCUT2D eigenvalue weighted by atomic mass is 35.5. The number of halogens is 1. The number of benzene rings is 4. The fourth-order valence-corrected chi connectivity index (χ4v) is 5.43. The summed E-state index contributed by atoms with van der Waals surface area (Å²) in [7, 11) is -4.00. The number of nitrogens with zero attached hydrogens (tertiary/aromatic N) is 2.